The summed E-state index contributed by atoms with van der Waals surface area (Å²) < 4.78 is 62.3. The van der Waals surface area contributed by atoms with Gasteiger partial charge in [-0.1, -0.05) is 11.3 Å². The number of hydrogen-bond donors (Lipinski definition) is 1. The van der Waals surface area contributed by atoms with Crippen molar-refractivity contribution in [2.45, 2.75) is 11.8 Å². The average Bonchev–Trinajstić information content (AvgIpc) is 3.20. The van der Waals surface area contributed by atoms with Crippen LogP contribution in [0.3, 0.4) is 0 Å². The third-order valence-corrected chi connectivity index (χ3v) is 7.62. The van der Waals surface area contributed by atoms with Crippen molar-refractivity contribution in [3.63, 3.8) is 0 Å². The topological polar surface area (TPSA) is 98.5 Å². The molecule has 0 radical (unpaired) electrons. The fraction of sp³-hybridized carbons (Fsp3) is 0.118. The van der Waals surface area contributed by atoms with Crippen LogP contribution in [0.1, 0.15) is 5.69 Å². The molecule has 13 heteroatoms. The molecule has 0 aliphatic heterocycles. The Labute approximate surface area is 187 Å². The Kier molecular flexibility index (Phi) is 5.36. The first kappa shape index (κ1) is 20.9. The fourth-order valence-corrected chi connectivity index (χ4v) is 5.29. The number of aryl methyl sites for hydroxylation is 1. The van der Waals surface area contributed by atoms with E-state index in [0.29, 0.717) is 21.6 Å². The van der Waals surface area contributed by atoms with Gasteiger partial charge in [0.15, 0.2) is 0 Å². The van der Waals surface area contributed by atoms with E-state index in [1.807, 2.05) is 6.92 Å². The van der Waals surface area contributed by atoms with Crippen LogP contribution in [0.5, 0.6) is 5.88 Å². The second-order valence-corrected chi connectivity index (χ2v) is 9.68. The lowest BCUT2D eigenvalue weighted by Crippen LogP contribution is -2.15. The van der Waals surface area contributed by atoms with E-state index in [2.05, 4.69) is 42.4 Å². The number of nitrogens with zero attached hydrogens (tertiary/aromatic N) is 4. The van der Waals surface area contributed by atoms with Crippen molar-refractivity contribution in [1.82, 2.24) is 19.6 Å². The second-order valence-electron chi connectivity index (χ2n) is 6.05. The number of halogens is 3. The first-order chi connectivity index (χ1) is 14.2. The average molecular weight is 563 g/mol. The number of anilines is 1. The first-order valence-corrected chi connectivity index (χ1v) is 11.6. The third kappa shape index (κ3) is 3.72. The van der Waals surface area contributed by atoms with Gasteiger partial charge in [-0.05, 0) is 47.7 Å². The van der Waals surface area contributed by atoms with Crippen LogP contribution < -0.4 is 9.46 Å². The lowest BCUT2D eigenvalue weighted by atomic mass is 10.3. The maximum atomic E-state index is 14.0. The Hall–Kier alpha value is -2.39. The number of hydrogen-bond acceptors (Lipinski definition) is 7. The van der Waals surface area contributed by atoms with Crippen LogP contribution in [-0.4, -0.2) is 35.1 Å². The number of ether oxygens (including phenoxy) is 1. The third-order valence-electron chi connectivity index (χ3n) is 4.03. The molecular formula is C17H12F2IN5O3S2. The number of fused-ring (bicyclic) bond motifs is 1. The van der Waals surface area contributed by atoms with Gasteiger partial charge in [0, 0.05) is 17.8 Å². The summed E-state index contributed by atoms with van der Waals surface area (Å²) in [7, 11) is -3.05. The molecule has 0 spiro atoms. The van der Waals surface area contributed by atoms with Gasteiger partial charge in [0.25, 0.3) is 10.0 Å². The van der Waals surface area contributed by atoms with Crippen LogP contribution in [-0.2, 0) is 10.0 Å². The molecule has 0 fully saturated rings. The molecule has 4 rings (SSSR count). The van der Waals surface area contributed by atoms with Crippen LogP contribution in [0.25, 0.3) is 15.5 Å². The molecule has 8 nitrogen and oxygen atoms in total. The molecule has 156 valence electrons. The van der Waals surface area contributed by atoms with Crippen LogP contribution in [0, 0.1) is 22.3 Å². The number of pyridine rings is 1. The molecule has 3 heterocycles. The summed E-state index contributed by atoms with van der Waals surface area (Å²) in [6, 6.07) is 3.67. The molecule has 0 bridgehead atoms. The molecule has 0 aliphatic rings. The summed E-state index contributed by atoms with van der Waals surface area (Å²) in [5, 5.41) is 5.04. The van der Waals surface area contributed by atoms with E-state index >= 15 is 0 Å². The molecule has 30 heavy (non-hydrogen) atoms. The van der Waals surface area contributed by atoms with Crippen LogP contribution in [0.15, 0.2) is 35.4 Å². The van der Waals surface area contributed by atoms with Crippen molar-refractivity contribution in [3.05, 3.63) is 51.5 Å². The molecule has 3 aromatic heterocycles. The molecule has 1 aromatic carbocycles. The van der Waals surface area contributed by atoms with Crippen molar-refractivity contribution in [2.24, 2.45) is 0 Å². The first-order valence-electron chi connectivity index (χ1n) is 8.23. The number of aromatic nitrogens is 4. The van der Waals surface area contributed by atoms with Crippen LogP contribution in [0.4, 0.5) is 14.5 Å². The molecular weight excluding hydrogens is 551 g/mol. The number of sulfonamides is 1. The van der Waals surface area contributed by atoms with E-state index in [0.717, 1.165) is 21.5 Å². The molecule has 0 saturated heterocycles. The van der Waals surface area contributed by atoms with Crippen molar-refractivity contribution >= 4 is 54.6 Å². The highest BCUT2D eigenvalue weighted by molar-refractivity contribution is 14.1. The highest BCUT2D eigenvalue weighted by Crippen LogP contribution is 2.33. The number of methoxy groups -OCH3 is 1. The minimum absolute atomic E-state index is 0.0163. The van der Waals surface area contributed by atoms with E-state index in [4.69, 9.17) is 4.74 Å². The second kappa shape index (κ2) is 7.70. The van der Waals surface area contributed by atoms with Gasteiger partial charge in [0.2, 0.25) is 10.8 Å². The minimum Gasteiger partial charge on any atom is -0.480 e. The van der Waals surface area contributed by atoms with Crippen LogP contribution in [0.2, 0.25) is 0 Å². The zero-order valence-corrected chi connectivity index (χ0v) is 19.1. The van der Waals surface area contributed by atoms with Crippen LogP contribution >= 0.6 is 33.9 Å². The minimum atomic E-state index is -4.37. The standard InChI is InChI=1S/C17H12F2IN5O3S2/c1-8-14(20)25-17(22-8)29-16(23-25)9-5-12(15(28-2)21-7-9)24-30(26,27)13-4-3-10(18)6-11(13)19/h3-7,24H,1-2H3. The molecule has 0 saturated carbocycles. The molecule has 0 unspecified atom stereocenters. The van der Waals surface area contributed by atoms with Crippen molar-refractivity contribution in [1.29, 1.82) is 0 Å². The maximum absolute atomic E-state index is 14.0. The predicted molar refractivity (Wildman–Crippen MR) is 115 cm³/mol. The summed E-state index contributed by atoms with van der Waals surface area (Å²) in [6.45, 7) is 1.87. The van der Waals surface area contributed by atoms with Gasteiger partial charge in [0.05, 0.1) is 12.8 Å². The summed E-state index contributed by atoms with van der Waals surface area (Å²) in [5.41, 5.74) is 1.35. The lowest BCUT2D eigenvalue weighted by Gasteiger charge is -2.12. The van der Waals surface area contributed by atoms with E-state index in [9.17, 15) is 17.2 Å². The summed E-state index contributed by atoms with van der Waals surface area (Å²) in [4.78, 5) is 8.51. The van der Waals surface area contributed by atoms with E-state index < -0.39 is 26.6 Å². The molecule has 0 amide bonds. The maximum Gasteiger partial charge on any atom is 0.264 e. The van der Waals surface area contributed by atoms with Crippen molar-refractivity contribution in [2.75, 3.05) is 11.8 Å². The quantitative estimate of drug-likeness (QED) is 0.371. The Morgan fingerprint density at radius 2 is 2.03 bits per heavy atom. The van der Waals surface area contributed by atoms with Gasteiger partial charge >= 0.3 is 0 Å². The van der Waals surface area contributed by atoms with Crippen molar-refractivity contribution in [3.8, 4) is 16.5 Å². The summed E-state index contributed by atoms with van der Waals surface area (Å²) in [5.74, 6) is -2.11. The summed E-state index contributed by atoms with van der Waals surface area (Å²) in [6.07, 6.45) is 1.48. The molecule has 1 N–H and O–H groups in total. The van der Waals surface area contributed by atoms with Gasteiger partial charge in [-0.25, -0.2) is 27.2 Å². The zero-order chi connectivity index (χ0) is 21.6. The Morgan fingerprint density at radius 3 is 2.70 bits per heavy atom. The highest BCUT2D eigenvalue weighted by Gasteiger charge is 2.23. The lowest BCUT2D eigenvalue weighted by molar-refractivity contribution is 0.400. The number of imidazole rings is 1. The highest BCUT2D eigenvalue weighted by atomic mass is 127. The molecule has 0 atom stereocenters. The summed E-state index contributed by atoms with van der Waals surface area (Å²) >= 11 is 3.44. The van der Waals surface area contributed by atoms with Gasteiger partial charge < -0.3 is 4.74 Å². The Morgan fingerprint density at radius 1 is 1.27 bits per heavy atom. The van der Waals surface area contributed by atoms with Gasteiger partial charge in [-0.3, -0.25) is 4.72 Å². The van der Waals surface area contributed by atoms with Gasteiger partial charge in [-0.15, -0.1) is 0 Å². The van der Waals surface area contributed by atoms with E-state index in [1.165, 1.54) is 30.7 Å². The van der Waals surface area contributed by atoms with Gasteiger partial charge in [-0.2, -0.15) is 9.61 Å². The van der Waals surface area contributed by atoms with E-state index in [-0.39, 0.29) is 11.6 Å². The van der Waals surface area contributed by atoms with E-state index in [1.54, 1.807) is 4.52 Å². The normalized spacial score (nSPS) is 11.8. The monoisotopic (exact) mass is 563 g/mol. The van der Waals surface area contributed by atoms with Crippen molar-refractivity contribution < 1.29 is 21.9 Å². The number of rotatable bonds is 5. The zero-order valence-electron chi connectivity index (χ0n) is 15.4. The SMILES string of the molecule is COc1ncc(-c2nn3c(I)c(C)nc3s2)cc1NS(=O)(=O)c1ccc(F)cc1F. The number of nitrogens with one attached hydrogen (secondary N) is 1. The predicted octanol–water partition coefficient (Wildman–Crippen LogP) is 3.85. The number of benzene rings is 1. The Bertz CT molecular complexity index is 1390. The Balaban J connectivity index is 1.75. The van der Waals surface area contributed by atoms with Gasteiger partial charge in [0.1, 0.15) is 30.9 Å². The molecule has 0 aliphatic carbocycles. The fourth-order valence-electron chi connectivity index (χ4n) is 2.64. The smallest absolute Gasteiger partial charge is 0.264 e. The largest absolute Gasteiger partial charge is 0.480 e. The molecule has 4 aromatic rings.